The van der Waals surface area contributed by atoms with E-state index in [-0.39, 0.29) is 16.9 Å². The van der Waals surface area contributed by atoms with Gasteiger partial charge in [0.05, 0.1) is 11.9 Å². The average molecular weight is 386 g/mol. The highest BCUT2D eigenvalue weighted by atomic mass is 35.5. The van der Waals surface area contributed by atoms with Crippen LogP contribution in [0.15, 0.2) is 30.6 Å². The van der Waals surface area contributed by atoms with Crippen molar-refractivity contribution in [1.29, 1.82) is 0 Å². The highest BCUT2D eigenvalue weighted by Crippen LogP contribution is 2.43. The number of aryl methyl sites for hydroxylation is 1. The Kier molecular flexibility index (Phi) is 4.68. The van der Waals surface area contributed by atoms with Gasteiger partial charge in [-0.25, -0.2) is 17.1 Å². The summed E-state index contributed by atoms with van der Waals surface area (Å²) in [6.45, 7) is 4.83. The largest absolute Gasteiger partial charge is 0.276 e. The molecule has 0 saturated carbocycles. The fourth-order valence-corrected chi connectivity index (χ4v) is 5.31. The SMILES string of the molecule is Cn1cc(C2CN(S(=O)(=O)Cc3cc(Cl)ccc3F)CC2(C)C)cn1. The Hall–Kier alpha value is -1.44. The second-order valence-corrected chi connectivity index (χ2v) is 9.68. The lowest BCUT2D eigenvalue weighted by Crippen LogP contribution is -2.31. The third-order valence-corrected chi connectivity index (χ3v) is 6.76. The molecule has 136 valence electrons. The van der Waals surface area contributed by atoms with E-state index in [1.54, 1.807) is 10.9 Å². The third-order valence-electron chi connectivity index (χ3n) is 4.78. The van der Waals surface area contributed by atoms with E-state index in [2.05, 4.69) is 5.10 Å². The van der Waals surface area contributed by atoms with Crippen LogP contribution in [0.3, 0.4) is 0 Å². The van der Waals surface area contributed by atoms with Crippen molar-refractivity contribution in [3.05, 3.63) is 52.6 Å². The van der Waals surface area contributed by atoms with Crippen molar-refractivity contribution in [1.82, 2.24) is 14.1 Å². The molecule has 8 heteroatoms. The molecule has 3 rings (SSSR count). The predicted molar refractivity (Wildman–Crippen MR) is 95.3 cm³/mol. The van der Waals surface area contributed by atoms with Crippen molar-refractivity contribution in [3.8, 4) is 0 Å². The number of halogens is 2. The van der Waals surface area contributed by atoms with Crippen LogP contribution in [0.2, 0.25) is 5.02 Å². The summed E-state index contributed by atoms with van der Waals surface area (Å²) in [4.78, 5) is 0. The molecule has 2 heterocycles. The van der Waals surface area contributed by atoms with E-state index in [0.717, 1.165) is 5.56 Å². The number of rotatable bonds is 4. The van der Waals surface area contributed by atoms with Gasteiger partial charge in [0.15, 0.2) is 0 Å². The summed E-state index contributed by atoms with van der Waals surface area (Å²) in [6.07, 6.45) is 3.69. The molecule has 0 amide bonds. The van der Waals surface area contributed by atoms with Crippen LogP contribution in [-0.4, -0.2) is 35.6 Å². The van der Waals surface area contributed by atoms with Crippen molar-refractivity contribution >= 4 is 21.6 Å². The fraction of sp³-hybridized carbons (Fsp3) is 0.471. The van der Waals surface area contributed by atoms with E-state index in [1.165, 1.54) is 22.5 Å². The lowest BCUT2D eigenvalue weighted by Gasteiger charge is -2.24. The summed E-state index contributed by atoms with van der Waals surface area (Å²) < 4.78 is 42.8. The van der Waals surface area contributed by atoms with Gasteiger partial charge in [-0.15, -0.1) is 0 Å². The third kappa shape index (κ3) is 3.73. The highest BCUT2D eigenvalue weighted by molar-refractivity contribution is 7.88. The van der Waals surface area contributed by atoms with Gasteiger partial charge in [0.1, 0.15) is 5.82 Å². The molecule has 2 aromatic rings. The van der Waals surface area contributed by atoms with E-state index in [0.29, 0.717) is 18.1 Å². The van der Waals surface area contributed by atoms with Crippen LogP contribution >= 0.6 is 11.6 Å². The maximum atomic E-state index is 13.9. The smallest absolute Gasteiger partial charge is 0.218 e. The molecule has 1 atom stereocenters. The summed E-state index contributed by atoms with van der Waals surface area (Å²) in [6, 6.07) is 3.97. The van der Waals surface area contributed by atoms with Gasteiger partial charge >= 0.3 is 0 Å². The minimum Gasteiger partial charge on any atom is -0.276 e. The van der Waals surface area contributed by atoms with Gasteiger partial charge in [0.25, 0.3) is 0 Å². The first-order valence-electron chi connectivity index (χ1n) is 7.99. The fourth-order valence-electron chi connectivity index (χ4n) is 3.41. The summed E-state index contributed by atoms with van der Waals surface area (Å²) in [5, 5.41) is 4.51. The molecule has 0 bridgehead atoms. The van der Waals surface area contributed by atoms with Crippen LogP contribution < -0.4 is 0 Å². The van der Waals surface area contributed by atoms with Crippen LogP contribution in [0.5, 0.6) is 0 Å². The minimum atomic E-state index is -3.65. The van der Waals surface area contributed by atoms with Crippen molar-refractivity contribution in [3.63, 3.8) is 0 Å². The number of hydrogen-bond acceptors (Lipinski definition) is 3. The monoisotopic (exact) mass is 385 g/mol. The second-order valence-electron chi connectivity index (χ2n) is 7.27. The zero-order valence-corrected chi connectivity index (χ0v) is 16.0. The van der Waals surface area contributed by atoms with Gasteiger partial charge in [-0.05, 0) is 29.2 Å². The zero-order chi connectivity index (χ0) is 18.4. The quantitative estimate of drug-likeness (QED) is 0.812. The Morgan fingerprint density at radius 1 is 1.40 bits per heavy atom. The normalized spacial score (nSPS) is 20.9. The van der Waals surface area contributed by atoms with E-state index in [1.807, 2.05) is 27.1 Å². The molecular weight excluding hydrogens is 365 g/mol. The van der Waals surface area contributed by atoms with E-state index >= 15 is 0 Å². The first-order valence-corrected chi connectivity index (χ1v) is 9.97. The maximum absolute atomic E-state index is 13.9. The first kappa shape index (κ1) is 18.4. The number of nitrogens with zero attached hydrogens (tertiary/aromatic N) is 3. The van der Waals surface area contributed by atoms with Gasteiger partial charge in [-0.3, -0.25) is 4.68 Å². The molecule has 1 aliphatic rings. The number of sulfonamides is 1. The molecule has 1 aromatic heterocycles. The summed E-state index contributed by atoms with van der Waals surface area (Å²) in [5.74, 6) is -0.912. The van der Waals surface area contributed by atoms with Crippen molar-refractivity contribution in [2.24, 2.45) is 12.5 Å². The van der Waals surface area contributed by atoms with Crippen LogP contribution in [-0.2, 0) is 22.8 Å². The summed E-state index contributed by atoms with van der Waals surface area (Å²) in [7, 11) is -1.81. The van der Waals surface area contributed by atoms with Gasteiger partial charge < -0.3 is 0 Å². The highest BCUT2D eigenvalue weighted by Gasteiger charge is 2.45. The molecule has 0 spiro atoms. The molecule has 5 nitrogen and oxygen atoms in total. The van der Waals surface area contributed by atoms with Crippen molar-refractivity contribution in [2.75, 3.05) is 13.1 Å². The summed E-state index contributed by atoms with van der Waals surface area (Å²) in [5.41, 5.74) is 0.873. The Bertz CT molecular complexity index is 895. The molecule has 0 radical (unpaired) electrons. The Morgan fingerprint density at radius 2 is 2.12 bits per heavy atom. The average Bonchev–Trinajstić information content (AvgIpc) is 3.05. The lowest BCUT2D eigenvalue weighted by atomic mass is 9.79. The Labute approximate surface area is 152 Å². The van der Waals surface area contributed by atoms with Crippen LogP contribution in [0.1, 0.15) is 30.9 Å². The number of benzene rings is 1. The molecule has 1 aliphatic heterocycles. The van der Waals surface area contributed by atoms with E-state index in [9.17, 15) is 12.8 Å². The molecule has 0 N–H and O–H groups in total. The maximum Gasteiger partial charge on any atom is 0.218 e. The minimum absolute atomic E-state index is 0.0418. The van der Waals surface area contributed by atoms with Crippen molar-refractivity contribution in [2.45, 2.75) is 25.5 Å². The predicted octanol–water partition coefficient (Wildman–Crippen LogP) is 3.17. The first-order chi connectivity index (χ1) is 11.6. The molecule has 1 saturated heterocycles. The van der Waals surface area contributed by atoms with Gasteiger partial charge in [-0.2, -0.15) is 5.10 Å². The lowest BCUT2D eigenvalue weighted by molar-refractivity contribution is 0.346. The zero-order valence-electron chi connectivity index (χ0n) is 14.4. The summed E-state index contributed by atoms with van der Waals surface area (Å²) >= 11 is 5.87. The Morgan fingerprint density at radius 3 is 2.76 bits per heavy atom. The number of hydrogen-bond donors (Lipinski definition) is 0. The number of aromatic nitrogens is 2. The second kappa shape index (κ2) is 6.37. The molecular formula is C17H21ClFN3O2S. The van der Waals surface area contributed by atoms with Gasteiger partial charge in [-0.1, -0.05) is 25.4 Å². The topological polar surface area (TPSA) is 55.2 Å². The Balaban J connectivity index is 1.85. The van der Waals surface area contributed by atoms with Crippen LogP contribution in [0.4, 0.5) is 4.39 Å². The molecule has 1 unspecified atom stereocenters. The molecule has 25 heavy (non-hydrogen) atoms. The molecule has 0 aliphatic carbocycles. The molecule has 1 aromatic carbocycles. The van der Waals surface area contributed by atoms with Crippen LogP contribution in [0.25, 0.3) is 0 Å². The van der Waals surface area contributed by atoms with Gasteiger partial charge in [0, 0.05) is 42.8 Å². The van der Waals surface area contributed by atoms with E-state index in [4.69, 9.17) is 11.6 Å². The standard InChI is InChI=1S/C17H21ClFN3O2S/c1-17(2)11-22(9-15(17)13-7-20-21(3)8-13)25(23,24)10-12-6-14(18)4-5-16(12)19/h4-8,15H,9-11H2,1-3H3. The van der Waals surface area contributed by atoms with E-state index < -0.39 is 21.6 Å². The van der Waals surface area contributed by atoms with Crippen LogP contribution in [0, 0.1) is 11.2 Å². The molecule has 1 fully saturated rings. The van der Waals surface area contributed by atoms with Gasteiger partial charge in [0.2, 0.25) is 10.0 Å². The van der Waals surface area contributed by atoms with Crippen molar-refractivity contribution < 1.29 is 12.8 Å².